The van der Waals surface area contributed by atoms with Crippen LogP contribution in [0.25, 0.3) is 0 Å². The number of urea groups is 1. The number of hydrogen-bond acceptors (Lipinski definition) is 4. The first-order valence-corrected chi connectivity index (χ1v) is 7.28. The average molecular weight is 306 g/mol. The highest BCUT2D eigenvalue weighted by molar-refractivity contribution is 5.93. The Morgan fingerprint density at radius 1 is 1.41 bits per heavy atom. The van der Waals surface area contributed by atoms with Crippen molar-refractivity contribution in [1.82, 2.24) is 10.6 Å². The molecule has 4 N–H and O–H groups in total. The molecule has 2 rings (SSSR count). The largest absolute Gasteiger partial charge is 0.391 e. The molecule has 2 atom stereocenters. The van der Waals surface area contributed by atoms with Gasteiger partial charge in [-0.3, -0.25) is 4.79 Å². The van der Waals surface area contributed by atoms with Gasteiger partial charge in [0.1, 0.15) is 0 Å². The zero-order chi connectivity index (χ0) is 16.1. The van der Waals surface area contributed by atoms with Crippen molar-refractivity contribution in [1.29, 1.82) is 0 Å². The quantitative estimate of drug-likeness (QED) is 0.655. The number of amides is 3. The molecule has 1 aromatic rings. The van der Waals surface area contributed by atoms with Crippen LogP contribution in [0.5, 0.6) is 0 Å². The molecular weight excluding hydrogens is 284 g/mol. The van der Waals surface area contributed by atoms with Crippen molar-refractivity contribution in [2.24, 2.45) is 0 Å². The van der Waals surface area contributed by atoms with Gasteiger partial charge in [-0.05, 0) is 31.2 Å². The lowest BCUT2D eigenvalue weighted by Crippen LogP contribution is -2.54. The number of anilines is 2. The van der Waals surface area contributed by atoms with E-state index >= 15 is 0 Å². The minimum absolute atomic E-state index is 0.0852. The lowest BCUT2D eigenvalue weighted by atomic mass is 10.0. The molecule has 0 aromatic heterocycles. The van der Waals surface area contributed by atoms with E-state index in [1.807, 2.05) is 0 Å². The summed E-state index contributed by atoms with van der Waals surface area (Å²) in [5.74, 6) is -0.0852. The van der Waals surface area contributed by atoms with E-state index in [1.165, 1.54) is 11.8 Å². The van der Waals surface area contributed by atoms with Gasteiger partial charge in [-0.2, -0.15) is 0 Å². The fourth-order valence-electron chi connectivity index (χ4n) is 2.30. The Kier molecular flexibility index (Phi) is 5.35. The Labute approximate surface area is 129 Å². The molecule has 1 aliphatic rings. The molecular formula is C15H22N4O3. The highest BCUT2D eigenvalue weighted by Crippen LogP contribution is 2.18. The van der Waals surface area contributed by atoms with Gasteiger partial charge in [-0.15, -0.1) is 0 Å². The van der Waals surface area contributed by atoms with Crippen molar-refractivity contribution >= 4 is 23.3 Å². The number of aliphatic hydroxyl groups excluding tert-OH is 1. The van der Waals surface area contributed by atoms with E-state index in [0.717, 1.165) is 6.54 Å². The third-order valence-corrected chi connectivity index (χ3v) is 3.73. The van der Waals surface area contributed by atoms with Gasteiger partial charge in [0, 0.05) is 31.9 Å². The van der Waals surface area contributed by atoms with Crippen LogP contribution < -0.4 is 20.9 Å². The fraction of sp³-hybridized carbons (Fsp3) is 0.467. The van der Waals surface area contributed by atoms with Crippen LogP contribution in [0.1, 0.15) is 13.3 Å². The van der Waals surface area contributed by atoms with E-state index in [2.05, 4.69) is 16.0 Å². The summed E-state index contributed by atoms with van der Waals surface area (Å²) in [6, 6.07) is 6.33. The van der Waals surface area contributed by atoms with Gasteiger partial charge in [-0.1, -0.05) is 6.07 Å². The Bertz CT molecular complexity index is 549. The highest BCUT2D eigenvalue weighted by atomic mass is 16.3. The number of carbonyl (C=O) groups excluding carboxylic acids is 2. The van der Waals surface area contributed by atoms with Gasteiger partial charge in [0.05, 0.1) is 12.1 Å². The molecule has 120 valence electrons. The zero-order valence-electron chi connectivity index (χ0n) is 12.8. The minimum atomic E-state index is -0.540. The van der Waals surface area contributed by atoms with Crippen LogP contribution >= 0.6 is 0 Å². The average Bonchev–Trinajstić information content (AvgIpc) is 2.49. The van der Waals surface area contributed by atoms with Crippen LogP contribution in [0, 0.1) is 0 Å². The van der Waals surface area contributed by atoms with E-state index < -0.39 is 6.10 Å². The maximum Gasteiger partial charge on any atom is 0.319 e. The van der Waals surface area contributed by atoms with Crippen LogP contribution in [0.2, 0.25) is 0 Å². The summed E-state index contributed by atoms with van der Waals surface area (Å²) in [6.07, 6.45) is 0.0753. The number of carbonyl (C=O) groups is 2. The Morgan fingerprint density at radius 2 is 2.18 bits per heavy atom. The predicted octanol–water partition coefficient (Wildman–Crippen LogP) is 0.514. The van der Waals surface area contributed by atoms with Gasteiger partial charge in [0.25, 0.3) is 0 Å². The standard InChI is InChI=1S/C15H22N4O3/c1-10(20)19(2)12-5-3-4-11(8-12)17-15(22)18-13-9-16-7-6-14(13)21/h3-5,8,13-14,16,21H,6-7,9H2,1-2H3,(H2,17,18,22)/t13-,14-/m1/s1. The number of hydrogen-bond donors (Lipinski definition) is 4. The van der Waals surface area contributed by atoms with Gasteiger partial charge in [-0.25, -0.2) is 4.79 Å². The summed E-state index contributed by atoms with van der Waals surface area (Å²) in [6.45, 7) is 2.77. The molecule has 3 amide bonds. The molecule has 1 aromatic carbocycles. The molecule has 0 saturated carbocycles. The monoisotopic (exact) mass is 306 g/mol. The summed E-state index contributed by atoms with van der Waals surface area (Å²) in [5.41, 5.74) is 1.28. The first-order valence-electron chi connectivity index (χ1n) is 7.28. The lowest BCUT2D eigenvalue weighted by Gasteiger charge is -2.29. The van der Waals surface area contributed by atoms with Crippen LogP contribution in [-0.4, -0.2) is 49.3 Å². The SMILES string of the molecule is CC(=O)N(C)c1cccc(NC(=O)N[C@@H]2CNCC[C@H]2O)c1. The minimum Gasteiger partial charge on any atom is -0.391 e. The molecule has 7 nitrogen and oxygen atoms in total. The van der Waals surface area contributed by atoms with Gasteiger partial charge < -0.3 is 26.0 Å². The maximum absolute atomic E-state index is 12.0. The topological polar surface area (TPSA) is 93.7 Å². The molecule has 0 unspecified atom stereocenters. The van der Waals surface area contributed by atoms with Crippen LogP contribution in [0.3, 0.4) is 0 Å². The van der Waals surface area contributed by atoms with Crippen LogP contribution in [-0.2, 0) is 4.79 Å². The van der Waals surface area contributed by atoms with E-state index in [0.29, 0.717) is 24.3 Å². The van der Waals surface area contributed by atoms with Crippen LogP contribution in [0.15, 0.2) is 24.3 Å². The number of nitrogens with zero attached hydrogens (tertiary/aromatic N) is 1. The summed E-state index contributed by atoms with van der Waals surface area (Å²) in [5, 5.41) is 18.4. The molecule has 0 bridgehead atoms. The number of benzene rings is 1. The molecule has 1 heterocycles. The Hall–Kier alpha value is -2.12. The third kappa shape index (κ3) is 4.19. The van der Waals surface area contributed by atoms with E-state index in [9.17, 15) is 14.7 Å². The zero-order valence-corrected chi connectivity index (χ0v) is 12.8. The summed E-state index contributed by atoms with van der Waals surface area (Å²) in [7, 11) is 1.67. The summed E-state index contributed by atoms with van der Waals surface area (Å²) >= 11 is 0. The molecule has 7 heteroatoms. The molecule has 1 saturated heterocycles. The molecule has 0 aliphatic carbocycles. The molecule has 0 radical (unpaired) electrons. The van der Waals surface area contributed by atoms with Crippen LogP contribution in [0.4, 0.5) is 16.2 Å². The van der Waals surface area contributed by atoms with Crippen molar-refractivity contribution in [3.05, 3.63) is 24.3 Å². The maximum atomic E-state index is 12.0. The Balaban J connectivity index is 1.96. The second kappa shape index (κ2) is 7.24. The third-order valence-electron chi connectivity index (χ3n) is 3.73. The summed E-state index contributed by atoms with van der Waals surface area (Å²) < 4.78 is 0. The first-order chi connectivity index (χ1) is 10.5. The number of aliphatic hydroxyl groups is 1. The molecule has 1 aliphatic heterocycles. The molecule has 0 spiro atoms. The first kappa shape index (κ1) is 16.3. The molecule has 1 fully saturated rings. The lowest BCUT2D eigenvalue weighted by molar-refractivity contribution is -0.116. The van der Waals surface area contributed by atoms with E-state index in [4.69, 9.17) is 0 Å². The van der Waals surface area contributed by atoms with E-state index in [-0.39, 0.29) is 18.0 Å². The van der Waals surface area contributed by atoms with Gasteiger partial charge >= 0.3 is 6.03 Å². The van der Waals surface area contributed by atoms with Gasteiger partial charge in [0.2, 0.25) is 5.91 Å². The van der Waals surface area contributed by atoms with Gasteiger partial charge in [0.15, 0.2) is 0 Å². The second-order valence-electron chi connectivity index (χ2n) is 5.39. The molecule has 22 heavy (non-hydrogen) atoms. The highest BCUT2D eigenvalue weighted by Gasteiger charge is 2.24. The van der Waals surface area contributed by atoms with Crippen molar-refractivity contribution in [3.8, 4) is 0 Å². The Morgan fingerprint density at radius 3 is 2.86 bits per heavy atom. The van der Waals surface area contributed by atoms with Crippen molar-refractivity contribution in [2.45, 2.75) is 25.5 Å². The van der Waals surface area contributed by atoms with E-state index in [1.54, 1.807) is 31.3 Å². The summed E-state index contributed by atoms with van der Waals surface area (Å²) in [4.78, 5) is 24.9. The van der Waals surface area contributed by atoms with Crippen molar-refractivity contribution in [3.63, 3.8) is 0 Å². The smallest absolute Gasteiger partial charge is 0.319 e. The van der Waals surface area contributed by atoms with Crippen molar-refractivity contribution in [2.75, 3.05) is 30.4 Å². The number of nitrogens with one attached hydrogen (secondary N) is 3. The van der Waals surface area contributed by atoms with Crippen molar-refractivity contribution < 1.29 is 14.7 Å². The normalized spacial score (nSPS) is 21.0. The fourth-order valence-corrected chi connectivity index (χ4v) is 2.30. The predicted molar refractivity (Wildman–Crippen MR) is 85.0 cm³/mol. The number of rotatable bonds is 3. The number of piperidine rings is 1. The second-order valence-corrected chi connectivity index (χ2v) is 5.39.